The van der Waals surface area contributed by atoms with E-state index in [-0.39, 0.29) is 11.8 Å². The molecule has 1 N–H and O–H groups in total. The predicted molar refractivity (Wildman–Crippen MR) is 94.5 cm³/mol. The van der Waals surface area contributed by atoms with Gasteiger partial charge in [0.15, 0.2) is 0 Å². The van der Waals surface area contributed by atoms with Crippen LogP contribution in [-0.2, 0) is 17.9 Å². The van der Waals surface area contributed by atoms with Gasteiger partial charge in [-0.3, -0.25) is 9.69 Å². The minimum absolute atomic E-state index is 0.179. The molecule has 2 aromatic rings. The van der Waals surface area contributed by atoms with Crippen molar-refractivity contribution in [3.8, 4) is 0 Å². The first kappa shape index (κ1) is 15.6. The first-order chi connectivity index (χ1) is 11.6. The summed E-state index contributed by atoms with van der Waals surface area (Å²) in [6, 6.07) is 8.40. The van der Waals surface area contributed by atoms with E-state index in [0.717, 1.165) is 50.5 Å². The predicted octanol–water partition coefficient (Wildman–Crippen LogP) is 2.26. The average Bonchev–Trinajstić information content (AvgIpc) is 3.20. The third-order valence-corrected chi connectivity index (χ3v) is 5.42. The fraction of sp³-hybridized carbons (Fsp3) is 0.579. The molecule has 0 saturated carbocycles. The van der Waals surface area contributed by atoms with E-state index >= 15 is 0 Å². The van der Waals surface area contributed by atoms with Crippen molar-refractivity contribution in [1.29, 1.82) is 0 Å². The summed E-state index contributed by atoms with van der Waals surface area (Å²) in [7, 11) is 0. The average molecular weight is 326 g/mol. The van der Waals surface area contributed by atoms with Crippen LogP contribution in [0.2, 0.25) is 0 Å². The second-order valence-corrected chi connectivity index (χ2v) is 7.66. The molecule has 0 spiro atoms. The number of likely N-dealkylation sites (tertiary alicyclic amines) is 1. The molecule has 1 aromatic carbocycles. The van der Waals surface area contributed by atoms with Crippen LogP contribution in [0, 0.1) is 17.8 Å². The Morgan fingerprint density at radius 3 is 2.92 bits per heavy atom. The Bertz CT molecular complexity index is 751. The van der Waals surface area contributed by atoms with Gasteiger partial charge in [-0.15, -0.1) is 0 Å². The molecule has 0 aliphatic carbocycles. The van der Waals surface area contributed by atoms with E-state index < -0.39 is 0 Å². The van der Waals surface area contributed by atoms with Crippen molar-refractivity contribution >= 4 is 16.9 Å². The molecule has 1 aromatic heterocycles. The van der Waals surface area contributed by atoms with Crippen LogP contribution in [0.3, 0.4) is 0 Å². The Morgan fingerprint density at radius 1 is 1.29 bits per heavy atom. The van der Waals surface area contributed by atoms with Crippen molar-refractivity contribution < 1.29 is 4.79 Å². The van der Waals surface area contributed by atoms with Gasteiger partial charge >= 0.3 is 0 Å². The standard InChI is InChI=1S/C19H26N4O/c1-13(2)7-8-23-17-6-4-3-5-16(17)21-18(23)12-22-10-14-9-20-19(24)15(14)11-22/h3-6,13-15H,7-12H2,1-2H3,(H,20,24)/t14-,15+/m0/s1. The number of benzene rings is 1. The van der Waals surface area contributed by atoms with Gasteiger partial charge in [0.2, 0.25) is 5.91 Å². The number of nitrogens with one attached hydrogen (secondary N) is 1. The fourth-order valence-corrected chi connectivity index (χ4v) is 4.04. The number of hydrogen-bond acceptors (Lipinski definition) is 3. The van der Waals surface area contributed by atoms with Crippen LogP contribution in [-0.4, -0.2) is 40.0 Å². The third-order valence-electron chi connectivity index (χ3n) is 5.42. The van der Waals surface area contributed by atoms with Gasteiger partial charge in [0, 0.05) is 32.1 Å². The molecule has 5 heteroatoms. The highest BCUT2D eigenvalue weighted by Gasteiger charge is 2.42. The van der Waals surface area contributed by atoms with Crippen molar-refractivity contribution in [2.75, 3.05) is 19.6 Å². The molecular weight excluding hydrogens is 300 g/mol. The van der Waals surface area contributed by atoms with E-state index in [4.69, 9.17) is 4.98 Å². The molecule has 0 radical (unpaired) electrons. The van der Waals surface area contributed by atoms with Crippen LogP contribution in [0.25, 0.3) is 11.0 Å². The molecule has 0 unspecified atom stereocenters. The lowest BCUT2D eigenvalue weighted by Gasteiger charge is -2.18. The molecule has 3 heterocycles. The van der Waals surface area contributed by atoms with Crippen LogP contribution in [0.15, 0.2) is 24.3 Å². The van der Waals surface area contributed by atoms with Gasteiger partial charge in [-0.2, -0.15) is 0 Å². The quantitative estimate of drug-likeness (QED) is 0.917. The summed E-state index contributed by atoms with van der Waals surface area (Å²) in [6.07, 6.45) is 1.15. The number of nitrogens with zero attached hydrogens (tertiary/aromatic N) is 3. The molecular formula is C19H26N4O. The molecule has 0 bridgehead atoms. The third kappa shape index (κ3) is 2.81. The smallest absolute Gasteiger partial charge is 0.224 e. The van der Waals surface area contributed by atoms with Gasteiger partial charge < -0.3 is 9.88 Å². The van der Waals surface area contributed by atoms with Gasteiger partial charge in [-0.05, 0) is 24.5 Å². The van der Waals surface area contributed by atoms with E-state index in [1.807, 2.05) is 0 Å². The molecule has 2 aliphatic rings. The molecule has 2 aliphatic heterocycles. The van der Waals surface area contributed by atoms with E-state index in [2.05, 4.69) is 52.9 Å². The number of amides is 1. The van der Waals surface area contributed by atoms with Gasteiger partial charge in [0.1, 0.15) is 5.82 Å². The van der Waals surface area contributed by atoms with Crippen molar-refractivity contribution in [3.63, 3.8) is 0 Å². The van der Waals surface area contributed by atoms with Gasteiger partial charge in [0.05, 0.1) is 23.5 Å². The molecule has 5 nitrogen and oxygen atoms in total. The zero-order valence-corrected chi connectivity index (χ0v) is 14.5. The van der Waals surface area contributed by atoms with Crippen molar-refractivity contribution in [2.24, 2.45) is 17.8 Å². The molecule has 24 heavy (non-hydrogen) atoms. The number of hydrogen-bond donors (Lipinski definition) is 1. The number of carbonyl (C=O) groups excluding carboxylic acids is 1. The lowest BCUT2D eigenvalue weighted by molar-refractivity contribution is -0.122. The number of rotatable bonds is 5. The monoisotopic (exact) mass is 326 g/mol. The summed E-state index contributed by atoms with van der Waals surface area (Å²) in [5, 5.41) is 2.99. The van der Waals surface area contributed by atoms with Crippen molar-refractivity contribution in [3.05, 3.63) is 30.1 Å². The summed E-state index contributed by atoms with van der Waals surface area (Å²) in [6.45, 7) is 9.07. The van der Waals surface area contributed by atoms with Gasteiger partial charge in [-0.25, -0.2) is 4.98 Å². The highest BCUT2D eigenvalue weighted by Crippen LogP contribution is 2.29. The Labute approximate surface area is 143 Å². The molecule has 2 fully saturated rings. The van der Waals surface area contributed by atoms with Crippen LogP contribution >= 0.6 is 0 Å². The summed E-state index contributed by atoms with van der Waals surface area (Å²) in [5.74, 6) is 2.70. The SMILES string of the molecule is CC(C)CCn1c(CN2C[C@@H]3CNC(=O)[C@@H]3C2)nc2ccccc21. The summed E-state index contributed by atoms with van der Waals surface area (Å²) >= 11 is 0. The summed E-state index contributed by atoms with van der Waals surface area (Å²) in [4.78, 5) is 19.2. The number of imidazole rings is 1. The number of para-hydroxylation sites is 2. The molecule has 4 rings (SSSR count). The second kappa shape index (κ2) is 6.20. The van der Waals surface area contributed by atoms with Gasteiger partial charge in [-0.1, -0.05) is 26.0 Å². The lowest BCUT2D eigenvalue weighted by Crippen LogP contribution is -2.29. The van der Waals surface area contributed by atoms with Crippen LogP contribution in [0.1, 0.15) is 26.1 Å². The van der Waals surface area contributed by atoms with Crippen molar-refractivity contribution in [1.82, 2.24) is 19.8 Å². The zero-order chi connectivity index (χ0) is 16.7. The fourth-order valence-electron chi connectivity index (χ4n) is 4.04. The van der Waals surface area contributed by atoms with Crippen LogP contribution in [0.5, 0.6) is 0 Å². The molecule has 1 amide bonds. The number of fused-ring (bicyclic) bond motifs is 2. The largest absolute Gasteiger partial charge is 0.355 e. The maximum Gasteiger partial charge on any atom is 0.224 e. The van der Waals surface area contributed by atoms with Gasteiger partial charge in [0.25, 0.3) is 0 Å². The maximum absolute atomic E-state index is 11.9. The van der Waals surface area contributed by atoms with E-state index in [1.165, 1.54) is 5.52 Å². The Hall–Kier alpha value is -1.88. The van der Waals surface area contributed by atoms with E-state index in [9.17, 15) is 4.79 Å². The summed E-state index contributed by atoms with van der Waals surface area (Å²) < 4.78 is 2.38. The number of aryl methyl sites for hydroxylation is 1. The lowest BCUT2D eigenvalue weighted by atomic mass is 10.0. The minimum Gasteiger partial charge on any atom is -0.355 e. The van der Waals surface area contributed by atoms with Crippen LogP contribution in [0.4, 0.5) is 0 Å². The molecule has 2 saturated heterocycles. The van der Waals surface area contributed by atoms with Crippen molar-refractivity contribution in [2.45, 2.75) is 33.4 Å². The highest BCUT2D eigenvalue weighted by atomic mass is 16.2. The highest BCUT2D eigenvalue weighted by molar-refractivity contribution is 5.81. The number of carbonyl (C=O) groups is 1. The first-order valence-corrected chi connectivity index (χ1v) is 9.06. The van der Waals surface area contributed by atoms with Crippen LogP contribution < -0.4 is 5.32 Å². The maximum atomic E-state index is 11.9. The Kier molecular flexibility index (Phi) is 4.04. The Morgan fingerprint density at radius 2 is 2.12 bits per heavy atom. The second-order valence-electron chi connectivity index (χ2n) is 7.66. The first-order valence-electron chi connectivity index (χ1n) is 9.06. The zero-order valence-electron chi connectivity index (χ0n) is 14.5. The minimum atomic E-state index is 0.179. The number of aromatic nitrogens is 2. The van der Waals surface area contributed by atoms with E-state index in [1.54, 1.807) is 0 Å². The molecule has 2 atom stereocenters. The van der Waals surface area contributed by atoms with E-state index in [0.29, 0.717) is 11.8 Å². The Balaban J connectivity index is 1.57. The normalized spacial score (nSPS) is 24.0. The summed E-state index contributed by atoms with van der Waals surface area (Å²) in [5.41, 5.74) is 2.30. The topological polar surface area (TPSA) is 50.2 Å². The molecule has 128 valence electrons.